The van der Waals surface area contributed by atoms with E-state index in [0.717, 1.165) is 11.4 Å². The van der Waals surface area contributed by atoms with E-state index in [2.05, 4.69) is 10.3 Å². The van der Waals surface area contributed by atoms with Crippen LogP contribution in [0, 0.1) is 0 Å². The Hall–Kier alpha value is -1.34. The van der Waals surface area contributed by atoms with Crippen molar-refractivity contribution in [2.24, 2.45) is 0 Å². The van der Waals surface area contributed by atoms with Crippen molar-refractivity contribution in [2.75, 3.05) is 24.1 Å². The molecule has 5 nitrogen and oxygen atoms in total. The minimum atomic E-state index is -0.172. The zero-order valence-corrected chi connectivity index (χ0v) is 14.3. The van der Waals surface area contributed by atoms with Crippen molar-refractivity contribution in [3.05, 3.63) is 39.3 Å². The number of aromatic nitrogens is 1. The summed E-state index contributed by atoms with van der Waals surface area (Å²) in [6, 6.07) is 5.09. The molecule has 0 saturated heterocycles. The van der Waals surface area contributed by atoms with Gasteiger partial charge >= 0.3 is 0 Å². The maximum absolute atomic E-state index is 12.2. The van der Waals surface area contributed by atoms with E-state index in [0.29, 0.717) is 27.4 Å². The smallest absolute Gasteiger partial charge is 0.238 e. The number of nitrogens with zero attached hydrogens (tertiary/aromatic N) is 2. The van der Waals surface area contributed by atoms with Gasteiger partial charge in [-0.25, -0.2) is 4.98 Å². The van der Waals surface area contributed by atoms with E-state index in [1.807, 2.05) is 11.8 Å². The lowest BCUT2D eigenvalue weighted by Gasteiger charge is -2.19. The second kappa shape index (κ2) is 7.78. The van der Waals surface area contributed by atoms with Crippen LogP contribution < -0.4 is 11.1 Å². The van der Waals surface area contributed by atoms with Gasteiger partial charge in [0.25, 0.3) is 0 Å². The quantitative estimate of drug-likeness (QED) is 0.828. The fourth-order valence-electron chi connectivity index (χ4n) is 1.89. The molecule has 1 heterocycles. The van der Waals surface area contributed by atoms with Gasteiger partial charge in [0.05, 0.1) is 22.3 Å². The van der Waals surface area contributed by atoms with Gasteiger partial charge < -0.3 is 11.1 Å². The molecule has 0 aliphatic rings. The molecule has 2 aromatic rings. The van der Waals surface area contributed by atoms with E-state index in [1.165, 1.54) is 11.3 Å². The first-order chi connectivity index (χ1) is 10.5. The van der Waals surface area contributed by atoms with E-state index in [9.17, 15) is 4.79 Å². The molecule has 2 rings (SSSR count). The van der Waals surface area contributed by atoms with Crippen molar-refractivity contribution in [1.82, 2.24) is 9.88 Å². The van der Waals surface area contributed by atoms with Gasteiger partial charge in [0, 0.05) is 17.6 Å². The minimum Gasteiger partial charge on any atom is -0.375 e. The molecule has 0 aliphatic carbocycles. The zero-order chi connectivity index (χ0) is 16.1. The van der Waals surface area contributed by atoms with Crippen LogP contribution in [0.5, 0.6) is 0 Å². The van der Waals surface area contributed by atoms with Crippen molar-refractivity contribution in [1.29, 1.82) is 0 Å². The molecule has 1 amide bonds. The lowest BCUT2D eigenvalue weighted by molar-refractivity contribution is -0.117. The minimum absolute atomic E-state index is 0.172. The summed E-state index contributed by atoms with van der Waals surface area (Å²) in [5, 5.41) is 4.11. The maximum atomic E-state index is 12.2. The standard InChI is InChI=1S/C14H16Cl2N4OS/c1-2-20(7-9-6-18-14(17)22-9)8-12(21)19-13-10(15)4-3-5-11(13)16/h3-6H,2,7-8H2,1H3,(H2,17,18)(H,19,21). The maximum Gasteiger partial charge on any atom is 0.238 e. The molecule has 0 atom stereocenters. The first-order valence-corrected chi connectivity index (χ1v) is 8.23. The summed E-state index contributed by atoms with van der Waals surface area (Å²) < 4.78 is 0. The molecule has 1 aromatic carbocycles. The van der Waals surface area contributed by atoms with Gasteiger partial charge in [-0.1, -0.05) is 36.2 Å². The number of nitrogens with two attached hydrogens (primary N) is 1. The summed E-state index contributed by atoms with van der Waals surface area (Å²) in [6.07, 6.45) is 1.73. The normalized spacial score (nSPS) is 10.9. The average molecular weight is 359 g/mol. The number of nitrogen functional groups attached to an aromatic ring is 1. The number of likely N-dealkylation sites (N-methyl/N-ethyl adjacent to an activating group) is 1. The van der Waals surface area contributed by atoms with Crippen LogP contribution in [0.2, 0.25) is 10.0 Å². The Morgan fingerprint density at radius 2 is 2.09 bits per heavy atom. The van der Waals surface area contributed by atoms with Gasteiger partial charge in [-0.3, -0.25) is 9.69 Å². The van der Waals surface area contributed by atoms with Crippen molar-refractivity contribution in [3.63, 3.8) is 0 Å². The van der Waals surface area contributed by atoms with E-state index < -0.39 is 0 Å². The Morgan fingerprint density at radius 3 is 2.64 bits per heavy atom. The lowest BCUT2D eigenvalue weighted by Crippen LogP contribution is -2.32. The van der Waals surface area contributed by atoms with Crippen molar-refractivity contribution < 1.29 is 4.79 Å². The number of benzene rings is 1. The zero-order valence-electron chi connectivity index (χ0n) is 12.0. The summed E-state index contributed by atoms with van der Waals surface area (Å²) in [7, 11) is 0. The highest BCUT2D eigenvalue weighted by Gasteiger charge is 2.14. The number of rotatable bonds is 6. The van der Waals surface area contributed by atoms with Gasteiger partial charge in [-0.2, -0.15) is 0 Å². The molecular formula is C14H16Cl2N4OS. The van der Waals surface area contributed by atoms with Gasteiger partial charge in [0.2, 0.25) is 5.91 Å². The second-order valence-electron chi connectivity index (χ2n) is 4.61. The number of amides is 1. The molecule has 3 N–H and O–H groups in total. The van der Waals surface area contributed by atoms with E-state index >= 15 is 0 Å². The highest BCUT2D eigenvalue weighted by atomic mass is 35.5. The lowest BCUT2D eigenvalue weighted by atomic mass is 10.3. The predicted molar refractivity (Wildman–Crippen MR) is 92.6 cm³/mol. The van der Waals surface area contributed by atoms with Crippen molar-refractivity contribution in [2.45, 2.75) is 13.5 Å². The Bertz CT molecular complexity index is 642. The van der Waals surface area contributed by atoms with E-state index in [1.54, 1.807) is 24.4 Å². The molecule has 118 valence electrons. The molecule has 22 heavy (non-hydrogen) atoms. The Kier molecular flexibility index (Phi) is 6.02. The van der Waals surface area contributed by atoms with Gasteiger partial charge in [-0.05, 0) is 18.7 Å². The number of anilines is 2. The SMILES string of the molecule is CCN(CC(=O)Nc1c(Cl)cccc1Cl)Cc1cnc(N)s1. The number of hydrogen-bond donors (Lipinski definition) is 2. The van der Waals surface area contributed by atoms with Gasteiger partial charge in [-0.15, -0.1) is 11.3 Å². The fraction of sp³-hybridized carbons (Fsp3) is 0.286. The Balaban J connectivity index is 1.97. The van der Waals surface area contributed by atoms with Crippen LogP contribution in [0.15, 0.2) is 24.4 Å². The molecule has 0 spiro atoms. The molecule has 1 aromatic heterocycles. The van der Waals surface area contributed by atoms with Crippen LogP contribution in [0.1, 0.15) is 11.8 Å². The number of para-hydroxylation sites is 1. The summed E-state index contributed by atoms with van der Waals surface area (Å²) in [5.41, 5.74) is 6.05. The van der Waals surface area contributed by atoms with Crippen LogP contribution >= 0.6 is 34.5 Å². The first-order valence-electron chi connectivity index (χ1n) is 6.66. The highest BCUT2D eigenvalue weighted by Crippen LogP contribution is 2.29. The molecule has 0 saturated carbocycles. The summed E-state index contributed by atoms with van der Waals surface area (Å²) >= 11 is 13.5. The van der Waals surface area contributed by atoms with Crippen LogP contribution in [0.25, 0.3) is 0 Å². The molecule has 0 radical (unpaired) electrons. The predicted octanol–water partition coefficient (Wildman–Crippen LogP) is 3.49. The summed E-state index contributed by atoms with van der Waals surface area (Å²) in [6.45, 7) is 3.56. The topological polar surface area (TPSA) is 71.2 Å². The number of halogens is 2. The van der Waals surface area contributed by atoms with Gasteiger partial charge in [0.1, 0.15) is 0 Å². The van der Waals surface area contributed by atoms with E-state index in [4.69, 9.17) is 28.9 Å². The Labute approximate surface area is 143 Å². The number of carbonyl (C=O) groups excluding carboxylic acids is 1. The molecule has 8 heteroatoms. The largest absolute Gasteiger partial charge is 0.375 e. The molecule has 0 aliphatic heterocycles. The monoisotopic (exact) mass is 358 g/mol. The van der Waals surface area contributed by atoms with Crippen LogP contribution in [-0.2, 0) is 11.3 Å². The first kappa shape index (κ1) is 17.0. The Morgan fingerprint density at radius 1 is 1.41 bits per heavy atom. The molecular weight excluding hydrogens is 343 g/mol. The summed E-state index contributed by atoms with van der Waals surface area (Å²) in [4.78, 5) is 19.2. The van der Waals surface area contributed by atoms with Crippen LogP contribution in [0.3, 0.4) is 0 Å². The number of carbonyl (C=O) groups is 1. The number of thiazole rings is 1. The van der Waals surface area contributed by atoms with Crippen molar-refractivity contribution >= 4 is 51.3 Å². The average Bonchev–Trinajstić information content (AvgIpc) is 2.87. The highest BCUT2D eigenvalue weighted by molar-refractivity contribution is 7.15. The third kappa shape index (κ3) is 4.58. The fourth-order valence-corrected chi connectivity index (χ4v) is 3.11. The third-order valence-electron chi connectivity index (χ3n) is 2.99. The van der Waals surface area contributed by atoms with E-state index in [-0.39, 0.29) is 12.5 Å². The summed E-state index contributed by atoms with van der Waals surface area (Å²) in [5.74, 6) is -0.172. The van der Waals surface area contributed by atoms with Crippen LogP contribution in [-0.4, -0.2) is 28.9 Å². The second-order valence-corrected chi connectivity index (χ2v) is 6.57. The van der Waals surface area contributed by atoms with Crippen LogP contribution in [0.4, 0.5) is 10.8 Å². The van der Waals surface area contributed by atoms with Gasteiger partial charge in [0.15, 0.2) is 5.13 Å². The third-order valence-corrected chi connectivity index (χ3v) is 4.43. The van der Waals surface area contributed by atoms with Crippen molar-refractivity contribution in [3.8, 4) is 0 Å². The number of hydrogen-bond acceptors (Lipinski definition) is 5. The molecule has 0 bridgehead atoms. The number of nitrogens with one attached hydrogen (secondary N) is 1. The molecule has 0 fully saturated rings. The molecule has 0 unspecified atom stereocenters.